The van der Waals surface area contributed by atoms with E-state index in [1.54, 1.807) is 0 Å². The Labute approximate surface area is 218 Å². The van der Waals surface area contributed by atoms with E-state index < -0.39 is 65.5 Å². The number of aliphatic carboxylic acids is 2. The van der Waals surface area contributed by atoms with Crippen molar-refractivity contribution >= 4 is 32.2 Å². The van der Waals surface area contributed by atoms with E-state index in [1.165, 1.54) is 0 Å². The van der Waals surface area contributed by atoms with Crippen LogP contribution >= 0.6 is 0 Å². The maximum atomic E-state index is 14.4. The zero-order valence-corrected chi connectivity index (χ0v) is 19.8. The Morgan fingerprint density at radius 3 is 1.79 bits per heavy atom. The van der Waals surface area contributed by atoms with E-state index in [0.717, 1.165) is 0 Å². The third-order valence-electron chi connectivity index (χ3n) is 2.58. The zero-order valence-electron chi connectivity index (χ0n) is 11.9. The molecule has 124 valence electrons. The van der Waals surface area contributed by atoms with Gasteiger partial charge in [-0.25, -0.2) is 8.78 Å². The van der Waals surface area contributed by atoms with E-state index in [2.05, 4.69) is 0 Å². The van der Waals surface area contributed by atoms with E-state index >= 15 is 0 Å². The first kappa shape index (κ1) is 27.6. The van der Waals surface area contributed by atoms with Crippen LogP contribution < -0.4 is 113 Å². The molecule has 2 N–H and O–H groups in total. The second-order valence-electron chi connectivity index (χ2n) is 3.92. The van der Waals surface area contributed by atoms with Crippen LogP contribution in [-0.4, -0.2) is 42.9 Å². The fourth-order valence-corrected chi connectivity index (χ4v) is 3.44. The Morgan fingerprint density at radius 1 is 1.12 bits per heavy atom. The summed E-state index contributed by atoms with van der Waals surface area (Å²) in [7, 11) is -12.1. The van der Waals surface area contributed by atoms with Gasteiger partial charge in [-0.05, 0) is 6.08 Å². The number of carboxylic acid groups (broad SMARTS) is 2. The fraction of sp³-hybridized carbons (Fsp3) is 0.250. The van der Waals surface area contributed by atoms with Gasteiger partial charge >= 0.3 is 113 Å². The van der Waals surface area contributed by atoms with Crippen molar-refractivity contribution < 1.29 is 157 Å². The first-order chi connectivity index (χ1) is 9.64. The van der Waals surface area contributed by atoms with Crippen LogP contribution in [0.3, 0.4) is 0 Å². The van der Waals surface area contributed by atoms with Crippen LogP contribution in [0.15, 0.2) is 22.4 Å². The Bertz CT molecular complexity index is 831. The first-order valence-electron chi connectivity index (χ1n) is 4.83. The molecule has 0 aliphatic heterocycles. The smallest absolute Gasteiger partial charge is 0.549 e. The predicted octanol–water partition coefficient (Wildman–Crippen LogP) is -9.33. The summed E-state index contributed by atoms with van der Waals surface area (Å²) in [6.07, 6.45) is -0.706. The second kappa shape index (κ2) is 9.04. The van der Waals surface area contributed by atoms with Crippen molar-refractivity contribution in [3.63, 3.8) is 0 Å². The van der Waals surface area contributed by atoms with Gasteiger partial charge < -0.3 is 19.8 Å². The maximum absolute atomic E-state index is 14.4. The minimum Gasteiger partial charge on any atom is -0.549 e. The van der Waals surface area contributed by atoms with Gasteiger partial charge in [0.15, 0.2) is 0 Å². The van der Waals surface area contributed by atoms with Crippen molar-refractivity contribution in [3.05, 3.63) is 22.4 Å². The number of carbonyl (C=O) groups is 2. The van der Waals surface area contributed by atoms with E-state index in [-0.39, 0.29) is 103 Å². The second-order valence-corrected chi connectivity index (χ2v) is 6.89. The van der Waals surface area contributed by atoms with Crippen LogP contribution in [0.25, 0.3) is 0 Å². The van der Waals surface area contributed by atoms with Crippen LogP contribution in [0, 0.1) is 5.92 Å². The predicted molar refractivity (Wildman–Crippen MR) is 56.7 cm³/mol. The Hall–Kier alpha value is 1.37. The van der Waals surface area contributed by atoms with E-state index in [1.807, 2.05) is 0 Å². The van der Waals surface area contributed by atoms with E-state index in [0.29, 0.717) is 0 Å². The molecule has 0 heterocycles. The molecule has 0 bridgehead atoms. The van der Waals surface area contributed by atoms with Crippen LogP contribution in [-0.2, 0) is 29.8 Å². The molecule has 0 radical (unpaired) electrons. The van der Waals surface area contributed by atoms with Gasteiger partial charge in [0.1, 0.15) is 10.7 Å². The molecule has 1 rings (SSSR count). The number of hydrogen-bond acceptors (Lipinski definition) is 8. The van der Waals surface area contributed by atoms with Gasteiger partial charge in [0.2, 0.25) is 0 Å². The molecule has 0 fully saturated rings. The van der Waals surface area contributed by atoms with Gasteiger partial charge in [0.05, 0.1) is 17.9 Å². The molecule has 1 aliphatic carbocycles. The summed E-state index contributed by atoms with van der Waals surface area (Å²) in [5, 5.41) is 16.8. The SMILES string of the molecule is O=C([O-])C1=CC(F)(S(=O)(=O)O)C(C(=O)[O-])C(S(=O)(=O)O)=C1F.[K+].[K+]. The number of hydrogen-bond donors (Lipinski definition) is 2. The topological polar surface area (TPSA) is 189 Å². The standard InChI is InChI=1S/C8H6F2O10S2.2K/c9-4-2(6(11)12)1-8(10,22(18,19)20)3(7(13)14)5(4)21(15,16)17;;/h1,3H,(H,11,12)(H,13,14)(H,15,16,17)(H,18,19,20);;/q;2*+1/p-2. The molecule has 2 atom stereocenters. The molecular formula is C8H4F2K2O10S2. The molecule has 0 aromatic heterocycles. The first-order valence-corrected chi connectivity index (χ1v) is 7.71. The van der Waals surface area contributed by atoms with Gasteiger partial charge in [0, 0.05) is 5.57 Å². The van der Waals surface area contributed by atoms with E-state index in [4.69, 9.17) is 9.11 Å². The average Bonchev–Trinajstić information content (AvgIpc) is 2.27. The van der Waals surface area contributed by atoms with Crippen LogP contribution in [0.1, 0.15) is 0 Å². The van der Waals surface area contributed by atoms with Crippen molar-refractivity contribution in [3.8, 4) is 0 Å². The number of carbonyl (C=O) groups excluding carboxylic acids is 2. The Morgan fingerprint density at radius 2 is 1.54 bits per heavy atom. The molecule has 0 aromatic carbocycles. The fourth-order valence-electron chi connectivity index (χ4n) is 1.68. The summed E-state index contributed by atoms with van der Waals surface area (Å²) in [6, 6.07) is 0. The average molecular weight is 440 g/mol. The normalized spacial score (nSPS) is 24.3. The van der Waals surface area contributed by atoms with Gasteiger partial charge in [-0.15, -0.1) is 0 Å². The number of halogens is 2. The molecule has 0 saturated heterocycles. The number of alkyl halides is 1. The van der Waals surface area contributed by atoms with Crippen molar-refractivity contribution in [2.45, 2.75) is 5.00 Å². The third-order valence-corrected chi connectivity index (χ3v) is 4.69. The molecular weight excluding hydrogens is 436 g/mol. The molecule has 2 unspecified atom stereocenters. The summed E-state index contributed by atoms with van der Waals surface area (Å²) in [4.78, 5) is 18.9. The van der Waals surface area contributed by atoms with Crippen LogP contribution in [0.2, 0.25) is 0 Å². The molecule has 10 nitrogen and oxygen atoms in total. The molecule has 24 heavy (non-hydrogen) atoms. The van der Waals surface area contributed by atoms with Crippen LogP contribution in [0.4, 0.5) is 8.78 Å². The summed E-state index contributed by atoms with van der Waals surface area (Å²) < 4.78 is 89.4. The van der Waals surface area contributed by atoms with E-state index in [9.17, 15) is 45.4 Å². The van der Waals surface area contributed by atoms with Crippen molar-refractivity contribution in [2.75, 3.05) is 0 Å². The molecule has 0 spiro atoms. The van der Waals surface area contributed by atoms with Crippen molar-refractivity contribution in [2.24, 2.45) is 5.92 Å². The summed E-state index contributed by atoms with van der Waals surface area (Å²) >= 11 is 0. The molecule has 0 saturated carbocycles. The third kappa shape index (κ3) is 5.21. The monoisotopic (exact) mass is 440 g/mol. The van der Waals surface area contributed by atoms with Crippen LogP contribution in [0.5, 0.6) is 0 Å². The van der Waals surface area contributed by atoms with Gasteiger partial charge in [0.25, 0.3) is 15.1 Å². The summed E-state index contributed by atoms with van der Waals surface area (Å²) in [5.74, 6) is -11.6. The molecule has 0 amide bonds. The summed E-state index contributed by atoms with van der Waals surface area (Å²) in [5.41, 5.74) is -2.04. The van der Waals surface area contributed by atoms with Gasteiger partial charge in [-0.3, -0.25) is 9.11 Å². The minimum absolute atomic E-state index is 0. The quantitative estimate of drug-likeness (QED) is 0.314. The minimum atomic E-state index is -6.13. The Kier molecular flexibility index (Phi) is 10.4. The number of carboxylic acids is 2. The zero-order chi connectivity index (χ0) is 17.7. The van der Waals surface area contributed by atoms with Gasteiger partial charge in [-0.1, -0.05) is 0 Å². The molecule has 16 heteroatoms. The largest absolute Gasteiger partial charge is 1.00 e. The van der Waals surface area contributed by atoms with Gasteiger partial charge in [-0.2, -0.15) is 16.8 Å². The Balaban J connectivity index is 0. The summed E-state index contributed by atoms with van der Waals surface area (Å²) in [6.45, 7) is 0. The molecule has 0 aromatic rings. The van der Waals surface area contributed by atoms with Crippen molar-refractivity contribution in [1.29, 1.82) is 0 Å². The number of rotatable bonds is 4. The molecule has 1 aliphatic rings. The maximum Gasteiger partial charge on any atom is 1.00 e. The van der Waals surface area contributed by atoms with Crippen molar-refractivity contribution in [1.82, 2.24) is 0 Å².